The fraction of sp³-hybridized carbons (Fsp3) is 0.600. The molecule has 0 heterocycles. The van der Waals surface area contributed by atoms with Crippen LogP contribution in [0, 0.1) is 5.41 Å². The molecular formula is C20H35IN4O. The third-order valence-corrected chi connectivity index (χ3v) is 3.92. The van der Waals surface area contributed by atoms with Gasteiger partial charge in [0.25, 0.3) is 5.91 Å². The number of nitrogens with one attached hydrogen (secondary N) is 3. The van der Waals surface area contributed by atoms with Crippen molar-refractivity contribution in [3.8, 4) is 0 Å². The van der Waals surface area contributed by atoms with Gasteiger partial charge in [-0.1, -0.05) is 32.9 Å². The van der Waals surface area contributed by atoms with Gasteiger partial charge in [0.1, 0.15) is 0 Å². The van der Waals surface area contributed by atoms with Gasteiger partial charge in [-0.25, -0.2) is 4.99 Å². The smallest absolute Gasteiger partial charge is 0.251 e. The first kappa shape index (κ1) is 24.7. The predicted octanol–water partition coefficient (Wildman–Crippen LogP) is 3.93. The van der Waals surface area contributed by atoms with Crippen molar-refractivity contribution in [3.05, 3.63) is 35.4 Å². The lowest BCUT2D eigenvalue weighted by Crippen LogP contribution is -2.42. The molecule has 0 saturated carbocycles. The lowest BCUT2D eigenvalue weighted by molar-refractivity contribution is 0.0963. The van der Waals surface area contributed by atoms with Crippen molar-refractivity contribution in [1.29, 1.82) is 0 Å². The minimum absolute atomic E-state index is 0. The lowest BCUT2D eigenvalue weighted by Gasteiger charge is -2.23. The van der Waals surface area contributed by atoms with Crippen molar-refractivity contribution in [3.63, 3.8) is 0 Å². The Balaban J connectivity index is 0.00000625. The number of carbonyl (C=O) groups excluding carboxylic acids is 1. The Bertz CT molecular complexity index is 564. The van der Waals surface area contributed by atoms with Crippen molar-refractivity contribution < 1.29 is 4.79 Å². The summed E-state index contributed by atoms with van der Waals surface area (Å²) in [5, 5.41) is 9.39. The third kappa shape index (κ3) is 9.99. The molecule has 1 rings (SSSR count). The minimum atomic E-state index is -0.0715. The highest BCUT2D eigenvalue weighted by Gasteiger charge is 2.13. The predicted molar refractivity (Wildman–Crippen MR) is 121 cm³/mol. The van der Waals surface area contributed by atoms with Gasteiger partial charge in [0.15, 0.2) is 5.96 Å². The Hall–Kier alpha value is -1.31. The molecule has 1 unspecified atom stereocenters. The van der Waals surface area contributed by atoms with Gasteiger partial charge < -0.3 is 16.0 Å². The SMILES string of the molecule is CCNC(=NCc1ccc(C(=O)NC)cc1)NC(C)CCC(C)(C)C.I. The quantitative estimate of drug-likeness (QED) is 0.319. The fourth-order valence-electron chi connectivity index (χ4n) is 2.35. The molecule has 0 bridgehead atoms. The molecule has 1 aromatic carbocycles. The van der Waals surface area contributed by atoms with Crippen LogP contribution in [0.15, 0.2) is 29.3 Å². The largest absolute Gasteiger partial charge is 0.357 e. The van der Waals surface area contributed by atoms with Gasteiger partial charge in [0, 0.05) is 25.2 Å². The molecule has 0 aromatic heterocycles. The van der Waals surface area contributed by atoms with Crippen molar-refractivity contribution in [2.75, 3.05) is 13.6 Å². The Morgan fingerprint density at radius 2 is 1.81 bits per heavy atom. The number of aliphatic imine (C=N–C) groups is 1. The van der Waals surface area contributed by atoms with E-state index in [4.69, 9.17) is 0 Å². The number of rotatable bonds is 7. The molecular weight excluding hydrogens is 439 g/mol. The molecule has 1 atom stereocenters. The standard InChI is InChI=1S/C20H34N4O.HI/c1-7-22-19(24-15(2)12-13-20(3,4)5)23-14-16-8-10-17(11-9-16)18(25)21-6;/h8-11,15H,7,12-14H2,1-6H3,(H,21,25)(H2,22,23,24);1H. The number of halogens is 1. The third-order valence-electron chi connectivity index (χ3n) is 3.92. The highest BCUT2D eigenvalue weighted by atomic mass is 127. The van der Waals surface area contributed by atoms with E-state index < -0.39 is 0 Å². The van der Waals surface area contributed by atoms with Crippen LogP contribution in [-0.4, -0.2) is 31.5 Å². The topological polar surface area (TPSA) is 65.5 Å². The number of amides is 1. The van der Waals surface area contributed by atoms with Gasteiger partial charge >= 0.3 is 0 Å². The maximum atomic E-state index is 11.6. The van der Waals surface area contributed by atoms with Gasteiger partial charge in [-0.05, 0) is 49.8 Å². The first-order valence-electron chi connectivity index (χ1n) is 9.11. The first-order chi connectivity index (χ1) is 11.7. The Morgan fingerprint density at radius 3 is 2.31 bits per heavy atom. The van der Waals surface area contributed by atoms with E-state index in [0.717, 1.165) is 24.5 Å². The maximum Gasteiger partial charge on any atom is 0.251 e. The second kappa shape index (κ2) is 12.1. The second-order valence-corrected chi connectivity index (χ2v) is 7.62. The van der Waals surface area contributed by atoms with Gasteiger partial charge in [-0.15, -0.1) is 24.0 Å². The molecule has 3 N–H and O–H groups in total. The van der Waals surface area contributed by atoms with E-state index in [1.165, 1.54) is 6.42 Å². The number of nitrogens with zero attached hydrogens (tertiary/aromatic N) is 1. The van der Waals surface area contributed by atoms with Gasteiger partial charge in [0.05, 0.1) is 6.54 Å². The van der Waals surface area contributed by atoms with E-state index in [-0.39, 0.29) is 29.9 Å². The summed E-state index contributed by atoms with van der Waals surface area (Å²) in [7, 11) is 1.63. The zero-order chi connectivity index (χ0) is 18.9. The van der Waals surface area contributed by atoms with E-state index >= 15 is 0 Å². The molecule has 148 valence electrons. The molecule has 5 nitrogen and oxygen atoms in total. The van der Waals surface area contributed by atoms with E-state index in [1.54, 1.807) is 7.05 Å². The summed E-state index contributed by atoms with van der Waals surface area (Å²) in [5.41, 5.74) is 2.08. The number of guanidine groups is 1. The first-order valence-corrected chi connectivity index (χ1v) is 9.11. The monoisotopic (exact) mass is 474 g/mol. The van der Waals surface area contributed by atoms with Crippen LogP contribution >= 0.6 is 24.0 Å². The molecule has 0 aliphatic rings. The van der Waals surface area contributed by atoms with Gasteiger partial charge in [-0.3, -0.25) is 4.79 Å². The lowest BCUT2D eigenvalue weighted by atomic mass is 9.89. The van der Waals surface area contributed by atoms with Crippen molar-refractivity contribution >= 4 is 35.8 Å². The molecule has 1 aromatic rings. The maximum absolute atomic E-state index is 11.6. The van der Waals surface area contributed by atoms with Crippen LogP contribution in [0.5, 0.6) is 0 Å². The summed E-state index contributed by atoms with van der Waals surface area (Å²) >= 11 is 0. The molecule has 26 heavy (non-hydrogen) atoms. The summed E-state index contributed by atoms with van der Waals surface area (Å²) < 4.78 is 0. The zero-order valence-electron chi connectivity index (χ0n) is 17.0. The Labute approximate surface area is 175 Å². The van der Waals surface area contributed by atoms with Crippen molar-refractivity contribution in [1.82, 2.24) is 16.0 Å². The molecule has 0 saturated heterocycles. The highest BCUT2D eigenvalue weighted by molar-refractivity contribution is 14.0. The molecule has 0 spiro atoms. The molecule has 1 amide bonds. The normalized spacial score (nSPS) is 12.8. The minimum Gasteiger partial charge on any atom is -0.357 e. The van der Waals surface area contributed by atoms with Crippen LogP contribution in [0.4, 0.5) is 0 Å². The van der Waals surface area contributed by atoms with Crippen molar-refractivity contribution in [2.45, 2.75) is 60.0 Å². The number of benzene rings is 1. The molecule has 0 aliphatic carbocycles. The summed E-state index contributed by atoms with van der Waals surface area (Å²) in [6, 6.07) is 7.92. The summed E-state index contributed by atoms with van der Waals surface area (Å²) in [6.07, 6.45) is 2.27. The Kier molecular flexibility index (Phi) is 11.5. The van der Waals surface area contributed by atoms with Crippen LogP contribution in [0.3, 0.4) is 0 Å². The van der Waals surface area contributed by atoms with Crippen LogP contribution in [0.25, 0.3) is 0 Å². The number of hydrogen-bond acceptors (Lipinski definition) is 2. The van der Waals surface area contributed by atoms with Crippen LogP contribution in [0.1, 0.15) is 63.4 Å². The highest BCUT2D eigenvalue weighted by Crippen LogP contribution is 2.21. The van der Waals surface area contributed by atoms with E-state index in [0.29, 0.717) is 23.6 Å². The van der Waals surface area contributed by atoms with Crippen LogP contribution in [0.2, 0.25) is 0 Å². The van der Waals surface area contributed by atoms with Gasteiger partial charge in [-0.2, -0.15) is 0 Å². The fourth-order valence-corrected chi connectivity index (χ4v) is 2.35. The average molecular weight is 474 g/mol. The van der Waals surface area contributed by atoms with E-state index in [1.807, 2.05) is 24.3 Å². The van der Waals surface area contributed by atoms with E-state index in [9.17, 15) is 4.79 Å². The second-order valence-electron chi connectivity index (χ2n) is 7.62. The van der Waals surface area contributed by atoms with Crippen LogP contribution < -0.4 is 16.0 Å². The number of hydrogen-bond donors (Lipinski definition) is 3. The zero-order valence-corrected chi connectivity index (χ0v) is 19.3. The Morgan fingerprint density at radius 1 is 1.19 bits per heavy atom. The summed E-state index contributed by atoms with van der Waals surface area (Å²) in [6.45, 7) is 12.5. The summed E-state index contributed by atoms with van der Waals surface area (Å²) in [5.74, 6) is 0.761. The molecule has 6 heteroatoms. The van der Waals surface area contributed by atoms with E-state index in [2.05, 4.69) is 55.6 Å². The van der Waals surface area contributed by atoms with Crippen molar-refractivity contribution in [2.24, 2.45) is 10.4 Å². The van der Waals surface area contributed by atoms with Gasteiger partial charge in [0.2, 0.25) is 0 Å². The number of carbonyl (C=O) groups is 1. The molecule has 0 aliphatic heterocycles. The molecule has 0 radical (unpaired) electrons. The molecule has 0 fully saturated rings. The summed E-state index contributed by atoms with van der Waals surface area (Å²) in [4.78, 5) is 16.2. The van der Waals surface area contributed by atoms with Crippen LogP contribution in [-0.2, 0) is 6.54 Å². The average Bonchev–Trinajstić information content (AvgIpc) is 2.57.